The van der Waals surface area contributed by atoms with Crippen molar-refractivity contribution in [3.05, 3.63) is 58.0 Å². The lowest BCUT2D eigenvalue weighted by Gasteiger charge is -2.39. The number of piperidine rings is 1. The number of unbranched alkanes of at least 4 members (excludes halogenated alkanes) is 1. The molecule has 1 saturated heterocycles. The molecule has 1 amide bonds. The van der Waals surface area contributed by atoms with Crippen molar-refractivity contribution in [2.24, 2.45) is 39.6 Å². The van der Waals surface area contributed by atoms with Gasteiger partial charge in [0.15, 0.2) is 22.7 Å². The number of aliphatic hydroxyl groups is 1. The Bertz CT molecular complexity index is 2900. The predicted molar refractivity (Wildman–Crippen MR) is 298 cm³/mol. The Morgan fingerprint density at radius 1 is 0.912 bits per heavy atom. The first kappa shape index (κ1) is 63.5. The van der Waals surface area contributed by atoms with Gasteiger partial charge in [-0.2, -0.15) is 0 Å². The Labute approximate surface area is 470 Å². The number of nitrogens with zero attached hydrogens (tertiary/aromatic N) is 4. The number of esters is 3. The third-order valence-corrected chi connectivity index (χ3v) is 17.2. The lowest BCUT2D eigenvalue weighted by atomic mass is 9.78. The van der Waals surface area contributed by atoms with Gasteiger partial charge in [0, 0.05) is 107 Å². The zero-order valence-electron chi connectivity index (χ0n) is 48.0. The van der Waals surface area contributed by atoms with E-state index >= 15 is 0 Å². The number of Topliss-reactive ketones (excluding diaryl/α,β-unsaturated/α-hetero) is 1. The fourth-order valence-electron chi connectivity index (χ4n) is 11.2. The van der Waals surface area contributed by atoms with Crippen LogP contribution in [-0.2, 0) is 52.0 Å². The number of phenols is 2. The van der Waals surface area contributed by atoms with E-state index in [1.165, 1.54) is 60.1 Å². The van der Waals surface area contributed by atoms with E-state index in [1.807, 2.05) is 0 Å². The van der Waals surface area contributed by atoms with Gasteiger partial charge in [0.1, 0.15) is 52.1 Å². The third-order valence-electron chi connectivity index (χ3n) is 15.6. The second kappa shape index (κ2) is 27.4. The number of fused-ring (bicyclic) bond motifs is 1. The second-order valence-electron chi connectivity index (χ2n) is 22.2. The van der Waals surface area contributed by atoms with Crippen LogP contribution < -0.4 is 20.8 Å². The van der Waals surface area contributed by atoms with E-state index in [4.69, 9.17) is 33.4 Å². The van der Waals surface area contributed by atoms with Crippen molar-refractivity contribution in [2.75, 3.05) is 58.3 Å². The maximum Gasteiger partial charge on any atom is 0.320 e. The summed E-state index contributed by atoms with van der Waals surface area (Å²) >= 11 is 0. The molecule has 438 valence electrons. The van der Waals surface area contributed by atoms with Crippen LogP contribution in [0, 0.1) is 36.5 Å². The Balaban J connectivity index is 1.47. The minimum absolute atomic E-state index is 0.0141. The van der Waals surface area contributed by atoms with Crippen LogP contribution in [0.2, 0.25) is 0 Å². The fraction of sp³-hybridized carbons (Fsp3) is 0.632. The highest BCUT2D eigenvalue weighted by atomic mass is 31.1. The molecule has 4 aliphatic rings. The third kappa shape index (κ3) is 14.5. The standard InChI is InChI=1S/C57H79N5O16P2/c1-30(2)28-62-23-20-57(21-24-62)59-45-42-43-49(67)36(8)53-44(42)54(69)56(11,78-53)75-26-19-39(73-12)33(5)52(76-38(10)64)35(7)48(66)34(6)51(31(3)16-15-17-32(4)55(70)58-47(50(43)68)46(45)60-57)77-40(65)29-61(25-27-74-37(9)63)22-14-13-18-41(79-71)80-72/h15-17,19,26,30-31,33-35,39,41,48,51-52,59,66-68H,13-14,18,20-25,27-29H2,1-12H3/b16-15+,26-19+,32-17-,58-47?/t31-,33+,34-,35+,39-,48+,51-,52+,56-/m0/s1. The van der Waals surface area contributed by atoms with E-state index in [9.17, 15) is 48.4 Å². The highest BCUT2D eigenvalue weighted by Crippen LogP contribution is 2.51. The molecule has 23 heteroatoms. The average molecular weight is 1150 g/mol. The molecule has 0 saturated carbocycles. The van der Waals surface area contributed by atoms with Crippen molar-refractivity contribution >= 4 is 63.0 Å². The average Bonchev–Trinajstić information content (AvgIpc) is 4.15. The van der Waals surface area contributed by atoms with E-state index < -0.39 is 106 Å². The molecule has 2 aromatic carbocycles. The Hall–Kier alpha value is -5.69. The van der Waals surface area contributed by atoms with Gasteiger partial charge in [-0.05, 0) is 45.2 Å². The summed E-state index contributed by atoms with van der Waals surface area (Å²) < 4.78 is 58.6. The number of rotatable bonds is 17. The topological polar surface area (TPSA) is 279 Å². The van der Waals surface area contributed by atoms with Crippen LogP contribution in [0.5, 0.6) is 17.2 Å². The first-order chi connectivity index (χ1) is 37.8. The minimum atomic E-state index is -2.03. The Morgan fingerprint density at radius 3 is 2.21 bits per heavy atom. The van der Waals surface area contributed by atoms with E-state index in [1.54, 1.807) is 44.7 Å². The normalized spacial score (nSPS) is 28.1. The smallest absolute Gasteiger partial charge is 0.320 e. The van der Waals surface area contributed by atoms with Crippen LogP contribution in [0.3, 0.4) is 0 Å². The van der Waals surface area contributed by atoms with Crippen molar-refractivity contribution in [1.29, 1.82) is 0 Å². The molecular weight excluding hydrogens is 1070 g/mol. The van der Waals surface area contributed by atoms with Crippen LogP contribution in [-0.4, -0.2) is 149 Å². The first-order valence-electron chi connectivity index (χ1n) is 27.4. The molecule has 9 atom stereocenters. The van der Waals surface area contributed by atoms with Gasteiger partial charge in [0.25, 0.3) is 11.7 Å². The van der Waals surface area contributed by atoms with Gasteiger partial charge in [0.2, 0.25) is 0 Å². The number of phenolic OH excluding ortho intramolecular Hbond substituents is 2. The summed E-state index contributed by atoms with van der Waals surface area (Å²) in [6.07, 6.45) is 5.90. The van der Waals surface area contributed by atoms with Crippen molar-refractivity contribution in [3.63, 3.8) is 0 Å². The number of methoxy groups -OCH3 is 1. The molecule has 1 fully saturated rings. The van der Waals surface area contributed by atoms with Gasteiger partial charge in [-0.1, -0.05) is 66.2 Å². The lowest BCUT2D eigenvalue weighted by Crippen LogP contribution is -2.48. The van der Waals surface area contributed by atoms with Gasteiger partial charge in [-0.25, -0.2) is 4.99 Å². The van der Waals surface area contributed by atoms with Gasteiger partial charge < -0.3 is 54.0 Å². The van der Waals surface area contributed by atoms with Crippen LogP contribution >= 0.6 is 16.9 Å². The van der Waals surface area contributed by atoms with Gasteiger partial charge in [0.05, 0.1) is 41.7 Å². The number of amides is 1. The maximum atomic E-state index is 15.0. The van der Waals surface area contributed by atoms with Gasteiger partial charge >= 0.3 is 23.7 Å². The summed E-state index contributed by atoms with van der Waals surface area (Å²) in [6, 6.07) is 0. The minimum Gasteiger partial charge on any atom is -0.507 e. The molecule has 4 N–H and O–H groups in total. The molecule has 80 heavy (non-hydrogen) atoms. The molecule has 0 aliphatic carbocycles. The monoisotopic (exact) mass is 1150 g/mol. The van der Waals surface area contributed by atoms with Crippen LogP contribution in [0.15, 0.2) is 46.1 Å². The molecular formula is C57H79N5O16P2. The molecule has 4 bridgehead atoms. The molecule has 0 aromatic heterocycles. The molecule has 4 aliphatic heterocycles. The number of likely N-dealkylation sites (tertiary alicyclic amines) is 1. The van der Waals surface area contributed by atoms with E-state index in [0.717, 1.165) is 6.54 Å². The zero-order valence-corrected chi connectivity index (χ0v) is 49.8. The van der Waals surface area contributed by atoms with E-state index in [0.29, 0.717) is 57.7 Å². The number of hydrogen-bond acceptors (Lipinski definition) is 20. The Morgan fingerprint density at radius 2 is 1.59 bits per heavy atom. The second-order valence-corrected chi connectivity index (χ2v) is 24.3. The molecule has 2 aromatic rings. The predicted octanol–water partition coefficient (Wildman–Crippen LogP) is 7.25. The van der Waals surface area contributed by atoms with Crippen LogP contribution in [0.1, 0.15) is 117 Å². The summed E-state index contributed by atoms with van der Waals surface area (Å²) in [7, 11) is 0.963. The summed E-state index contributed by atoms with van der Waals surface area (Å²) in [5.74, 6) is -8.79. The number of aromatic hydroxyl groups is 2. The number of nitrogens with one attached hydrogen (secondary N) is 1. The number of anilines is 1. The summed E-state index contributed by atoms with van der Waals surface area (Å²) in [5, 5.41) is 39.6. The SMILES string of the molecule is CO[C@H]1/C=C/O[C@@]2(C)Oc3c(C)c(O)c4c(O)c(c5c(c4c3C2=O)NC2(CCN(CC(C)C)CC2)N=5)=NC(=O)/C(C)=C\C=C\[C@H](C)[C@H](OC(=O)CN(CCCCC(P=O)P=O)CCOC(C)=O)[C@@H](C)[C@@H](O)[C@@H](C)[C@H](OC(C)=O)[C@@H]1C. The molecule has 4 heterocycles. The summed E-state index contributed by atoms with van der Waals surface area (Å²) in [5.41, 5.74) is -0.386. The van der Waals surface area contributed by atoms with Crippen molar-refractivity contribution in [3.8, 4) is 17.2 Å². The van der Waals surface area contributed by atoms with Gasteiger partial charge in [-0.15, -0.1) is 0 Å². The lowest BCUT2D eigenvalue weighted by molar-refractivity contribution is -0.166. The molecule has 0 radical (unpaired) electrons. The quantitative estimate of drug-likeness (QED) is 0.0399. The fourth-order valence-corrected chi connectivity index (χ4v) is 11.9. The summed E-state index contributed by atoms with van der Waals surface area (Å²) in [6.45, 7) is 20.7. The largest absolute Gasteiger partial charge is 0.507 e. The van der Waals surface area contributed by atoms with E-state index in [-0.39, 0.29) is 86.2 Å². The number of carbonyl (C=O) groups excluding carboxylic acids is 5. The number of benzene rings is 2. The molecule has 6 rings (SSSR count). The van der Waals surface area contributed by atoms with Crippen LogP contribution in [0.25, 0.3) is 10.8 Å². The number of hydrogen-bond donors (Lipinski definition) is 4. The highest BCUT2D eigenvalue weighted by Gasteiger charge is 2.51. The van der Waals surface area contributed by atoms with Crippen LogP contribution in [0.4, 0.5) is 5.69 Å². The molecule has 21 nitrogen and oxygen atoms in total. The van der Waals surface area contributed by atoms with Crippen molar-refractivity contribution < 1.29 is 76.8 Å². The maximum absolute atomic E-state index is 15.0. The number of aliphatic hydroxyl groups excluding tert-OH is 1. The summed E-state index contributed by atoms with van der Waals surface area (Å²) in [4.78, 5) is 81.6. The van der Waals surface area contributed by atoms with Gasteiger partial charge in [-0.3, -0.25) is 43.0 Å². The highest BCUT2D eigenvalue weighted by molar-refractivity contribution is 7.44. The molecule has 0 unspecified atom stereocenters. The first-order valence-corrected chi connectivity index (χ1v) is 29.2. The van der Waals surface area contributed by atoms with Crippen molar-refractivity contribution in [2.45, 2.75) is 150 Å². The Kier molecular flexibility index (Phi) is 21.7. The van der Waals surface area contributed by atoms with E-state index in [2.05, 4.69) is 29.1 Å². The molecule has 1 spiro atoms. The zero-order chi connectivity index (χ0) is 59.0. The number of allylic oxidation sites excluding steroid dienone is 2. The number of carbonyl (C=O) groups is 5. The number of ketones is 1. The number of ether oxygens (including phenoxy) is 6. The van der Waals surface area contributed by atoms with Crippen molar-refractivity contribution in [1.82, 2.24) is 9.80 Å².